The molecule has 0 bridgehead atoms. The molecule has 0 saturated carbocycles. The molecule has 0 aliphatic carbocycles. The number of para-hydroxylation sites is 1. The Balaban J connectivity index is 2.94. The number of pyridine rings is 1. The van der Waals surface area contributed by atoms with E-state index in [1.165, 1.54) is 14.5 Å². The van der Waals surface area contributed by atoms with Crippen LogP contribution in [0.2, 0.25) is 0 Å². The second kappa shape index (κ2) is 3.01. The summed E-state index contributed by atoms with van der Waals surface area (Å²) in [6.07, 6.45) is 1.86. The number of aromatic nitrogens is 1. The minimum Gasteiger partial charge on any atom is -0.256 e. The Morgan fingerprint density at radius 1 is 1.25 bits per heavy atom. The van der Waals surface area contributed by atoms with Crippen LogP contribution >= 0.6 is 22.6 Å². The summed E-state index contributed by atoms with van der Waals surface area (Å²) in [6, 6.07) is 8.30. The Labute approximate surface area is 85.0 Å². The molecule has 60 valence electrons. The van der Waals surface area contributed by atoms with E-state index in [-0.39, 0.29) is 0 Å². The fourth-order valence-electron chi connectivity index (χ4n) is 1.29. The van der Waals surface area contributed by atoms with Gasteiger partial charge in [0.05, 0.1) is 5.52 Å². The van der Waals surface area contributed by atoms with Crippen LogP contribution < -0.4 is 0 Å². The zero-order valence-corrected chi connectivity index (χ0v) is 8.87. The average molecular weight is 269 g/mol. The molecule has 2 aromatic rings. The molecule has 12 heavy (non-hydrogen) atoms. The molecule has 0 spiro atoms. The van der Waals surface area contributed by atoms with Crippen LogP contribution in [0.3, 0.4) is 0 Å². The predicted molar refractivity (Wildman–Crippen MR) is 59.2 cm³/mol. The highest BCUT2D eigenvalue weighted by atomic mass is 127. The fourth-order valence-corrected chi connectivity index (χ4v) is 1.89. The van der Waals surface area contributed by atoms with Crippen LogP contribution in [0.4, 0.5) is 0 Å². The fraction of sp³-hybridized carbons (Fsp3) is 0.100. The van der Waals surface area contributed by atoms with Gasteiger partial charge in [0, 0.05) is 15.2 Å². The maximum absolute atomic E-state index is 4.34. The van der Waals surface area contributed by atoms with Gasteiger partial charge in [0.1, 0.15) is 0 Å². The smallest absolute Gasteiger partial charge is 0.0741 e. The van der Waals surface area contributed by atoms with Crippen molar-refractivity contribution in [2.75, 3.05) is 0 Å². The summed E-state index contributed by atoms with van der Waals surface area (Å²) < 4.78 is 1.27. The Hall–Kier alpha value is -0.640. The lowest BCUT2D eigenvalue weighted by Gasteiger charge is -2.01. The van der Waals surface area contributed by atoms with Crippen molar-refractivity contribution in [3.63, 3.8) is 0 Å². The molecule has 2 rings (SSSR count). The molecule has 0 atom stereocenters. The van der Waals surface area contributed by atoms with Crippen molar-refractivity contribution in [2.24, 2.45) is 0 Å². The SMILES string of the molecule is Cc1cccc2c(I)ccnc12. The lowest BCUT2D eigenvalue weighted by molar-refractivity contribution is 1.36. The van der Waals surface area contributed by atoms with Gasteiger partial charge in [0.2, 0.25) is 0 Å². The molecule has 2 heteroatoms. The van der Waals surface area contributed by atoms with Crippen LogP contribution in [0, 0.1) is 10.5 Å². The molecule has 0 aliphatic rings. The molecule has 0 saturated heterocycles. The number of fused-ring (bicyclic) bond motifs is 1. The van der Waals surface area contributed by atoms with Gasteiger partial charge in [0.25, 0.3) is 0 Å². The molecular weight excluding hydrogens is 261 g/mol. The Morgan fingerprint density at radius 2 is 2.08 bits per heavy atom. The third-order valence-corrected chi connectivity index (χ3v) is 2.86. The number of aryl methyl sites for hydroxylation is 1. The van der Waals surface area contributed by atoms with Crippen molar-refractivity contribution in [3.05, 3.63) is 39.6 Å². The minimum absolute atomic E-state index is 1.12. The Morgan fingerprint density at radius 3 is 2.83 bits per heavy atom. The summed E-state index contributed by atoms with van der Waals surface area (Å²) >= 11 is 2.33. The first kappa shape index (κ1) is 7.98. The summed E-state index contributed by atoms with van der Waals surface area (Å²) in [5.74, 6) is 0. The quantitative estimate of drug-likeness (QED) is 0.669. The van der Waals surface area contributed by atoms with Crippen LogP contribution in [-0.2, 0) is 0 Å². The van der Waals surface area contributed by atoms with Crippen molar-refractivity contribution < 1.29 is 0 Å². The van der Waals surface area contributed by atoms with Crippen molar-refractivity contribution in [3.8, 4) is 0 Å². The molecule has 0 fully saturated rings. The molecule has 1 heterocycles. The van der Waals surface area contributed by atoms with Crippen LogP contribution in [0.25, 0.3) is 10.9 Å². The van der Waals surface area contributed by atoms with E-state index in [0.29, 0.717) is 0 Å². The highest BCUT2D eigenvalue weighted by molar-refractivity contribution is 14.1. The summed E-state index contributed by atoms with van der Waals surface area (Å²) in [5.41, 5.74) is 2.36. The number of hydrogen-bond donors (Lipinski definition) is 0. The van der Waals surface area contributed by atoms with E-state index < -0.39 is 0 Å². The third-order valence-electron chi connectivity index (χ3n) is 1.92. The van der Waals surface area contributed by atoms with Crippen LogP contribution in [-0.4, -0.2) is 4.98 Å². The highest BCUT2D eigenvalue weighted by Gasteiger charge is 1.99. The van der Waals surface area contributed by atoms with E-state index in [1.54, 1.807) is 0 Å². The van der Waals surface area contributed by atoms with Gasteiger partial charge in [-0.2, -0.15) is 0 Å². The van der Waals surface area contributed by atoms with Gasteiger partial charge in [0.15, 0.2) is 0 Å². The van der Waals surface area contributed by atoms with E-state index in [4.69, 9.17) is 0 Å². The van der Waals surface area contributed by atoms with Crippen molar-refractivity contribution in [1.29, 1.82) is 0 Å². The summed E-state index contributed by atoms with van der Waals surface area (Å²) in [6.45, 7) is 2.09. The lowest BCUT2D eigenvalue weighted by Crippen LogP contribution is -1.84. The van der Waals surface area contributed by atoms with Crippen molar-refractivity contribution in [1.82, 2.24) is 4.98 Å². The van der Waals surface area contributed by atoms with E-state index in [0.717, 1.165) is 5.52 Å². The normalized spacial score (nSPS) is 10.5. The molecule has 0 amide bonds. The van der Waals surface area contributed by atoms with Crippen LogP contribution in [0.15, 0.2) is 30.5 Å². The molecule has 0 N–H and O–H groups in total. The van der Waals surface area contributed by atoms with Gasteiger partial charge >= 0.3 is 0 Å². The van der Waals surface area contributed by atoms with Gasteiger partial charge in [-0.1, -0.05) is 18.2 Å². The number of rotatable bonds is 0. The number of benzene rings is 1. The topological polar surface area (TPSA) is 12.9 Å². The average Bonchev–Trinajstić information content (AvgIpc) is 2.07. The standard InChI is InChI=1S/C10H8IN/c1-7-3-2-4-8-9(11)5-6-12-10(7)8/h2-6H,1H3. The molecule has 1 aromatic carbocycles. The van der Waals surface area contributed by atoms with Gasteiger partial charge < -0.3 is 0 Å². The molecule has 0 radical (unpaired) electrons. The largest absolute Gasteiger partial charge is 0.256 e. The first-order valence-corrected chi connectivity index (χ1v) is 4.87. The molecule has 1 aromatic heterocycles. The molecular formula is C10H8IN. The maximum atomic E-state index is 4.34. The first-order valence-electron chi connectivity index (χ1n) is 3.79. The highest BCUT2D eigenvalue weighted by Crippen LogP contribution is 2.20. The second-order valence-electron chi connectivity index (χ2n) is 2.76. The summed E-state index contributed by atoms with van der Waals surface area (Å²) in [4.78, 5) is 4.34. The predicted octanol–water partition coefficient (Wildman–Crippen LogP) is 3.15. The zero-order chi connectivity index (χ0) is 8.55. The number of halogens is 1. The van der Waals surface area contributed by atoms with Gasteiger partial charge in [-0.05, 0) is 41.1 Å². The van der Waals surface area contributed by atoms with Crippen LogP contribution in [0.1, 0.15) is 5.56 Å². The first-order chi connectivity index (χ1) is 5.79. The van der Waals surface area contributed by atoms with Gasteiger partial charge in [-0.3, -0.25) is 4.98 Å². The third kappa shape index (κ3) is 1.20. The second-order valence-corrected chi connectivity index (χ2v) is 3.93. The monoisotopic (exact) mass is 269 g/mol. The zero-order valence-electron chi connectivity index (χ0n) is 6.71. The summed E-state index contributed by atoms with van der Waals surface area (Å²) in [7, 11) is 0. The van der Waals surface area contributed by atoms with Crippen molar-refractivity contribution in [2.45, 2.75) is 6.92 Å². The number of hydrogen-bond acceptors (Lipinski definition) is 1. The van der Waals surface area contributed by atoms with E-state index in [9.17, 15) is 0 Å². The van der Waals surface area contributed by atoms with E-state index in [1.807, 2.05) is 12.3 Å². The maximum Gasteiger partial charge on any atom is 0.0741 e. The molecule has 0 unspecified atom stereocenters. The van der Waals surface area contributed by atoms with E-state index >= 15 is 0 Å². The Kier molecular flexibility index (Phi) is 2.00. The molecule has 1 nitrogen and oxygen atoms in total. The Bertz CT molecular complexity index is 382. The van der Waals surface area contributed by atoms with Gasteiger partial charge in [-0.15, -0.1) is 0 Å². The van der Waals surface area contributed by atoms with Crippen LogP contribution in [0.5, 0.6) is 0 Å². The lowest BCUT2D eigenvalue weighted by atomic mass is 10.1. The number of nitrogens with zero attached hydrogens (tertiary/aromatic N) is 1. The molecule has 0 aliphatic heterocycles. The minimum atomic E-state index is 1.12. The van der Waals surface area contributed by atoms with Crippen molar-refractivity contribution >= 4 is 33.5 Å². The van der Waals surface area contributed by atoms with E-state index in [2.05, 4.69) is 52.7 Å². The van der Waals surface area contributed by atoms with Gasteiger partial charge in [-0.25, -0.2) is 0 Å². The summed E-state index contributed by atoms with van der Waals surface area (Å²) in [5, 5.41) is 1.25.